The fourth-order valence-corrected chi connectivity index (χ4v) is 6.03. The van der Waals surface area contributed by atoms with Crippen molar-refractivity contribution >= 4 is 17.5 Å². The summed E-state index contributed by atoms with van der Waals surface area (Å²) in [4.78, 5) is 40.3. The number of carbonyl (C=O) groups excluding carboxylic acids is 3. The summed E-state index contributed by atoms with van der Waals surface area (Å²) in [5, 5.41) is 44.1. The van der Waals surface area contributed by atoms with Crippen LogP contribution in [0.25, 0.3) is 0 Å². The smallest absolute Gasteiger partial charge is 0.230 e. The van der Waals surface area contributed by atoms with Gasteiger partial charge in [0.2, 0.25) is 5.91 Å². The molecule has 0 heterocycles. The maximum atomic E-state index is 13.5. The molecule has 32 heavy (non-hydrogen) atoms. The number of aromatic hydroxyl groups is 1. The lowest BCUT2D eigenvalue weighted by Gasteiger charge is -2.53. The number of fused-ring (bicyclic) bond motifs is 3. The third kappa shape index (κ3) is 2.71. The third-order valence-electron chi connectivity index (χ3n) is 7.51. The first-order valence-corrected chi connectivity index (χ1v) is 10.5. The number of amides is 1. The number of nitrogens with two attached hydrogens (primary N) is 1. The predicted molar refractivity (Wildman–Crippen MR) is 113 cm³/mol. The summed E-state index contributed by atoms with van der Waals surface area (Å²) in [6.07, 6.45) is -1.04. The number of ketones is 2. The highest BCUT2D eigenvalue weighted by atomic mass is 16.3. The highest BCUT2D eigenvalue weighted by molar-refractivity contribution is 6.15. The van der Waals surface area contributed by atoms with E-state index in [0.717, 1.165) is 5.56 Å². The Labute approximate surface area is 185 Å². The molecule has 6 atom stereocenters. The Bertz CT molecular complexity index is 1090. The van der Waals surface area contributed by atoms with Crippen molar-refractivity contribution in [3.05, 3.63) is 39.7 Å². The van der Waals surface area contributed by atoms with E-state index < -0.39 is 58.7 Å². The number of hydrogen-bond donors (Lipinski definition) is 5. The molecule has 172 valence electrons. The van der Waals surface area contributed by atoms with E-state index in [1.54, 1.807) is 32.0 Å². The van der Waals surface area contributed by atoms with E-state index >= 15 is 0 Å². The zero-order valence-electron chi connectivity index (χ0n) is 18.4. The van der Waals surface area contributed by atoms with Crippen LogP contribution < -0.4 is 5.73 Å². The second-order valence-electron chi connectivity index (χ2n) is 9.50. The van der Waals surface area contributed by atoms with Crippen LogP contribution in [0.15, 0.2) is 17.4 Å². The number of rotatable bonds is 2. The van der Waals surface area contributed by atoms with Crippen LogP contribution in [0.3, 0.4) is 0 Å². The van der Waals surface area contributed by atoms with E-state index in [0.29, 0.717) is 17.5 Å². The minimum atomic E-state index is -2.55. The number of phenolic OH excluding ortho intramolecular Hbond substituents is 1. The minimum Gasteiger partial charge on any atom is -0.508 e. The summed E-state index contributed by atoms with van der Waals surface area (Å²) in [5.41, 5.74) is 4.71. The molecular formula is C23H28N2O7. The molecule has 1 aromatic rings. The van der Waals surface area contributed by atoms with Gasteiger partial charge in [0.05, 0.1) is 11.7 Å². The predicted octanol–water partition coefficient (Wildman–Crippen LogP) is -0.0976. The number of phenols is 1. The number of aliphatic hydroxyl groups is 3. The van der Waals surface area contributed by atoms with Gasteiger partial charge in [0.25, 0.3) is 0 Å². The molecule has 3 aliphatic rings. The monoisotopic (exact) mass is 444 g/mol. The molecule has 0 bridgehead atoms. The van der Waals surface area contributed by atoms with Crippen LogP contribution in [-0.2, 0) is 16.0 Å². The van der Waals surface area contributed by atoms with Gasteiger partial charge in [-0.25, -0.2) is 0 Å². The Morgan fingerprint density at radius 1 is 1.19 bits per heavy atom. The Balaban J connectivity index is 1.96. The number of allylic oxidation sites excluding steroid dienone is 1. The maximum absolute atomic E-state index is 13.5. The number of likely N-dealkylation sites (N-methyl/N-ethyl adjacent to an activating group) is 1. The minimum absolute atomic E-state index is 0.0567. The van der Waals surface area contributed by atoms with Crippen LogP contribution in [0.2, 0.25) is 0 Å². The van der Waals surface area contributed by atoms with Gasteiger partial charge in [-0.2, -0.15) is 0 Å². The standard InChI is InChI=1S/C23H28N2O7/c1-8-5-9(2)17(26)14-11(8)6-10-7-12-16(25(3)4)19(28)15(22(24)31)21(30)23(12,32)20(29)13(10)18(14)27/h5,10,12,15-16,19,26,28-29,32H,6-7H2,1-4H3,(H2,24,31)/t10-,12-,15?,16-,19?,23-/m0/s1. The number of aryl methyl sites for hydroxylation is 2. The van der Waals surface area contributed by atoms with Crippen molar-refractivity contribution in [2.24, 2.45) is 23.5 Å². The number of primary amides is 1. The average Bonchev–Trinajstić information content (AvgIpc) is 2.68. The number of carbonyl (C=O) groups is 3. The van der Waals surface area contributed by atoms with Crippen LogP contribution in [0.4, 0.5) is 0 Å². The van der Waals surface area contributed by atoms with Crippen molar-refractivity contribution in [2.45, 2.75) is 44.4 Å². The highest BCUT2D eigenvalue weighted by Crippen LogP contribution is 2.52. The van der Waals surface area contributed by atoms with Gasteiger partial charge < -0.3 is 31.1 Å². The first-order chi connectivity index (χ1) is 14.8. The lowest BCUT2D eigenvalue weighted by molar-refractivity contribution is -0.178. The largest absolute Gasteiger partial charge is 0.508 e. The molecule has 6 N–H and O–H groups in total. The molecule has 4 rings (SSSR count). The summed E-state index contributed by atoms with van der Waals surface area (Å²) in [7, 11) is 3.26. The van der Waals surface area contributed by atoms with E-state index in [4.69, 9.17) is 5.73 Å². The van der Waals surface area contributed by atoms with Crippen molar-refractivity contribution in [1.82, 2.24) is 4.90 Å². The average molecular weight is 444 g/mol. The van der Waals surface area contributed by atoms with Crippen molar-refractivity contribution in [1.29, 1.82) is 0 Å². The van der Waals surface area contributed by atoms with Gasteiger partial charge in [-0.1, -0.05) is 6.07 Å². The van der Waals surface area contributed by atoms with Gasteiger partial charge in [-0.3, -0.25) is 14.4 Å². The fraction of sp³-hybridized carbons (Fsp3) is 0.522. The van der Waals surface area contributed by atoms with Crippen LogP contribution in [0.5, 0.6) is 5.75 Å². The first kappa shape index (κ1) is 22.4. The van der Waals surface area contributed by atoms with Gasteiger partial charge in [-0.05, 0) is 63.4 Å². The van der Waals surface area contributed by atoms with Gasteiger partial charge in [-0.15, -0.1) is 0 Å². The Kier molecular flexibility index (Phi) is 5.00. The van der Waals surface area contributed by atoms with Crippen LogP contribution in [0.1, 0.15) is 33.5 Å². The molecule has 9 nitrogen and oxygen atoms in total. The van der Waals surface area contributed by atoms with Crippen LogP contribution in [0, 0.1) is 31.6 Å². The normalized spacial score (nSPS) is 34.3. The molecule has 9 heteroatoms. The topological polar surface area (TPSA) is 161 Å². The van der Waals surface area contributed by atoms with Crippen LogP contribution in [-0.4, -0.2) is 74.6 Å². The van der Waals surface area contributed by atoms with E-state index in [9.17, 15) is 34.8 Å². The molecule has 0 aliphatic heterocycles. The van der Waals surface area contributed by atoms with Gasteiger partial charge in [0, 0.05) is 17.5 Å². The first-order valence-electron chi connectivity index (χ1n) is 10.5. The number of aliphatic hydroxyl groups excluding tert-OH is 2. The van der Waals surface area contributed by atoms with Crippen molar-refractivity contribution < 1.29 is 34.8 Å². The Morgan fingerprint density at radius 2 is 1.81 bits per heavy atom. The van der Waals surface area contributed by atoms with E-state index in [1.807, 2.05) is 6.92 Å². The zero-order chi connectivity index (χ0) is 23.9. The zero-order valence-corrected chi connectivity index (χ0v) is 18.4. The van der Waals surface area contributed by atoms with E-state index in [-0.39, 0.29) is 23.3 Å². The van der Waals surface area contributed by atoms with Gasteiger partial charge >= 0.3 is 0 Å². The summed E-state index contributed by atoms with van der Waals surface area (Å²) in [6.45, 7) is 3.49. The molecule has 1 amide bonds. The fourth-order valence-electron chi connectivity index (χ4n) is 6.03. The maximum Gasteiger partial charge on any atom is 0.230 e. The lowest BCUT2D eigenvalue weighted by atomic mass is 9.56. The summed E-state index contributed by atoms with van der Waals surface area (Å²) in [5.74, 6) is -7.16. The third-order valence-corrected chi connectivity index (χ3v) is 7.51. The molecule has 3 aliphatic carbocycles. The molecule has 1 saturated carbocycles. The molecule has 0 saturated heterocycles. The molecule has 0 spiro atoms. The highest BCUT2D eigenvalue weighted by Gasteiger charge is 2.66. The van der Waals surface area contributed by atoms with Crippen molar-refractivity contribution in [2.75, 3.05) is 14.1 Å². The molecule has 0 radical (unpaired) electrons. The molecule has 2 unspecified atom stereocenters. The molecule has 1 fully saturated rings. The molecule has 1 aromatic carbocycles. The lowest BCUT2D eigenvalue weighted by Crippen LogP contribution is -2.71. The quantitative estimate of drug-likeness (QED) is 0.395. The van der Waals surface area contributed by atoms with E-state index in [2.05, 4.69) is 0 Å². The van der Waals surface area contributed by atoms with Gasteiger partial charge in [0.1, 0.15) is 17.4 Å². The van der Waals surface area contributed by atoms with Crippen molar-refractivity contribution in [3.63, 3.8) is 0 Å². The SMILES string of the molecule is Cc1cc(C)c2c(c1O)C(=O)C1=C(O)[C@]3(O)C(=O)C(C(N)=O)C(O)[C@@H](N(C)C)[C@@H]3C[C@@H]1C2. The van der Waals surface area contributed by atoms with Gasteiger partial charge in [0.15, 0.2) is 17.2 Å². The summed E-state index contributed by atoms with van der Waals surface area (Å²) >= 11 is 0. The molecule has 0 aromatic heterocycles. The van der Waals surface area contributed by atoms with Crippen molar-refractivity contribution in [3.8, 4) is 5.75 Å². The van der Waals surface area contributed by atoms with E-state index in [1.165, 1.54) is 0 Å². The second kappa shape index (κ2) is 7.13. The Morgan fingerprint density at radius 3 is 2.38 bits per heavy atom. The summed E-state index contributed by atoms with van der Waals surface area (Å²) in [6, 6.07) is 0.909. The number of nitrogens with zero attached hydrogens (tertiary/aromatic N) is 1. The second-order valence-corrected chi connectivity index (χ2v) is 9.50. The van der Waals surface area contributed by atoms with Crippen LogP contribution >= 0.6 is 0 Å². The number of Topliss-reactive ketones (excluding diaryl/α,β-unsaturated/α-hetero) is 2. The number of benzene rings is 1. The summed E-state index contributed by atoms with van der Waals surface area (Å²) < 4.78 is 0. The Hall–Kier alpha value is -2.75. The number of hydrogen-bond acceptors (Lipinski definition) is 8. The molecular weight excluding hydrogens is 416 g/mol.